The van der Waals surface area contributed by atoms with Gasteiger partial charge in [0.2, 0.25) is 0 Å². The topological polar surface area (TPSA) is 70.4 Å². The number of rotatable bonds is 3. The van der Waals surface area contributed by atoms with Gasteiger partial charge in [-0.05, 0) is 81.6 Å². The fourth-order valence-electron chi connectivity index (χ4n) is 6.58. The van der Waals surface area contributed by atoms with Crippen LogP contribution in [0.5, 0.6) is 0 Å². The molecule has 33 heavy (non-hydrogen) atoms. The summed E-state index contributed by atoms with van der Waals surface area (Å²) < 4.78 is 2.54. The number of benzene rings is 2. The van der Waals surface area contributed by atoms with Gasteiger partial charge in [-0.1, -0.05) is 30.3 Å². The van der Waals surface area contributed by atoms with Gasteiger partial charge in [-0.15, -0.1) is 0 Å². The van der Waals surface area contributed by atoms with Gasteiger partial charge in [-0.2, -0.15) is 0 Å². The van der Waals surface area contributed by atoms with E-state index < -0.39 is 6.09 Å². The van der Waals surface area contributed by atoms with E-state index in [4.69, 9.17) is 4.98 Å². The number of aromatic nitrogens is 2. The molecule has 2 N–H and O–H groups in total. The molecule has 2 fully saturated rings. The number of amides is 1. The Morgan fingerprint density at radius 2 is 1.91 bits per heavy atom. The Labute approximate surface area is 194 Å². The molecule has 1 unspecified atom stereocenters. The van der Waals surface area contributed by atoms with Crippen LogP contribution in [0.15, 0.2) is 42.5 Å². The highest BCUT2D eigenvalue weighted by Gasteiger charge is 2.49. The largest absolute Gasteiger partial charge is 0.465 e. The standard InChI is InChI=1S/C27H32N4O2/c1-18-7-8-20-21(30(18)26(32)33)9-10-22-25(20)29-24(17-19-5-3-2-4-6-19)31(22)23-11-12-27(23)13-15-28-16-14-27/h2-6,9-10,18,23,28H,7-8,11-17H2,1H3,(H,32,33)/t18?,23-/m0/s1. The van der Waals surface area contributed by atoms with Crippen molar-refractivity contribution in [2.75, 3.05) is 18.0 Å². The summed E-state index contributed by atoms with van der Waals surface area (Å²) in [5.74, 6) is 1.12. The van der Waals surface area contributed by atoms with Gasteiger partial charge in [-0.25, -0.2) is 9.78 Å². The summed E-state index contributed by atoms with van der Waals surface area (Å²) in [6.45, 7) is 4.19. The van der Waals surface area contributed by atoms with Crippen LogP contribution in [0.4, 0.5) is 10.5 Å². The van der Waals surface area contributed by atoms with Gasteiger partial charge in [0.05, 0.1) is 16.7 Å². The molecule has 1 spiro atoms. The number of carboxylic acid groups (broad SMARTS) is 1. The molecule has 1 saturated carbocycles. The first-order chi connectivity index (χ1) is 16.1. The summed E-state index contributed by atoms with van der Waals surface area (Å²) in [4.78, 5) is 18.8. The average Bonchev–Trinajstić information content (AvgIpc) is 3.16. The SMILES string of the molecule is CC1CCc2c(ccc3c2nc(Cc2ccccc2)n3[C@H]2CCC23CCNCC3)N1C(=O)O. The highest BCUT2D eigenvalue weighted by Crippen LogP contribution is 2.57. The van der Waals surface area contributed by atoms with Crippen molar-refractivity contribution in [3.8, 4) is 0 Å². The molecule has 0 radical (unpaired) electrons. The van der Waals surface area contributed by atoms with Gasteiger partial charge in [-0.3, -0.25) is 4.90 Å². The van der Waals surface area contributed by atoms with Crippen LogP contribution in [0.1, 0.15) is 62.0 Å². The number of hydrogen-bond donors (Lipinski definition) is 2. The van der Waals surface area contributed by atoms with Gasteiger partial charge in [0.15, 0.2) is 0 Å². The van der Waals surface area contributed by atoms with Crippen molar-refractivity contribution in [2.45, 2.75) is 64.0 Å². The minimum atomic E-state index is -0.876. The Hall–Kier alpha value is -2.86. The van der Waals surface area contributed by atoms with Gasteiger partial charge in [0, 0.05) is 24.1 Å². The van der Waals surface area contributed by atoms with E-state index in [0.717, 1.165) is 54.9 Å². The molecule has 6 nitrogen and oxygen atoms in total. The first kappa shape index (κ1) is 20.7. The number of aryl methyl sites for hydroxylation is 1. The average molecular weight is 445 g/mol. The molecule has 3 heterocycles. The Balaban J connectivity index is 1.51. The molecule has 6 heteroatoms. The molecule has 2 aromatic carbocycles. The van der Waals surface area contributed by atoms with Crippen molar-refractivity contribution in [1.29, 1.82) is 0 Å². The molecule has 3 aromatic rings. The zero-order valence-electron chi connectivity index (χ0n) is 19.3. The third-order valence-electron chi connectivity index (χ3n) is 8.47. The highest BCUT2D eigenvalue weighted by molar-refractivity contribution is 5.94. The Morgan fingerprint density at radius 3 is 2.61 bits per heavy atom. The smallest absolute Gasteiger partial charge is 0.412 e. The summed E-state index contributed by atoms with van der Waals surface area (Å²) in [6, 6.07) is 15.2. The van der Waals surface area contributed by atoms with E-state index in [-0.39, 0.29) is 6.04 Å². The number of carbonyl (C=O) groups is 1. The molecule has 0 bridgehead atoms. The maximum absolute atomic E-state index is 12.0. The second-order valence-electron chi connectivity index (χ2n) is 10.2. The summed E-state index contributed by atoms with van der Waals surface area (Å²) >= 11 is 0. The number of hydrogen-bond acceptors (Lipinski definition) is 3. The Kier molecular flexibility index (Phi) is 4.94. The normalized spacial score (nSPS) is 24.0. The van der Waals surface area contributed by atoms with E-state index in [2.05, 4.69) is 46.3 Å². The number of imidazole rings is 1. The van der Waals surface area contributed by atoms with Crippen LogP contribution in [0.3, 0.4) is 0 Å². The molecule has 1 aliphatic carbocycles. The van der Waals surface area contributed by atoms with E-state index in [1.807, 2.05) is 13.0 Å². The predicted octanol–water partition coefficient (Wildman–Crippen LogP) is 5.15. The lowest BCUT2D eigenvalue weighted by molar-refractivity contribution is 0.00834. The van der Waals surface area contributed by atoms with Crippen LogP contribution in [0.25, 0.3) is 11.0 Å². The number of nitrogens with zero attached hydrogens (tertiary/aromatic N) is 3. The maximum Gasteiger partial charge on any atom is 0.412 e. The molecule has 2 atom stereocenters. The Bertz CT molecular complexity index is 1200. The fraction of sp³-hybridized carbons (Fsp3) is 0.481. The summed E-state index contributed by atoms with van der Waals surface area (Å²) in [6.07, 6.45) is 6.56. The summed E-state index contributed by atoms with van der Waals surface area (Å²) in [5, 5.41) is 13.4. The minimum absolute atomic E-state index is 0.0111. The molecule has 2 aliphatic heterocycles. The van der Waals surface area contributed by atoms with Crippen LogP contribution in [-0.2, 0) is 12.8 Å². The monoisotopic (exact) mass is 444 g/mol. The molecule has 172 valence electrons. The summed E-state index contributed by atoms with van der Waals surface area (Å²) in [7, 11) is 0. The molecular formula is C27H32N4O2. The third kappa shape index (κ3) is 3.26. The number of piperidine rings is 1. The first-order valence-corrected chi connectivity index (χ1v) is 12.4. The minimum Gasteiger partial charge on any atom is -0.465 e. The molecule has 1 saturated heterocycles. The van der Waals surface area contributed by atoms with Crippen molar-refractivity contribution in [2.24, 2.45) is 5.41 Å². The maximum atomic E-state index is 12.0. The molecule has 1 aromatic heterocycles. The van der Waals surface area contributed by atoms with Crippen molar-refractivity contribution < 1.29 is 9.90 Å². The quantitative estimate of drug-likeness (QED) is 0.586. The van der Waals surface area contributed by atoms with E-state index in [1.54, 1.807) is 0 Å². The molecule has 6 rings (SSSR count). The fourth-order valence-corrected chi connectivity index (χ4v) is 6.58. The number of nitrogens with one attached hydrogen (secondary N) is 1. The lowest BCUT2D eigenvalue weighted by atomic mass is 9.59. The van der Waals surface area contributed by atoms with Crippen LogP contribution >= 0.6 is 0 Å². The first-order valence-electron chi connectivity index (χ1n) is 12.4. The van der Waals surface area contributed by atoms with Crippen molar-refractivity contribution in [1.82, 2.24) is 14.9 Å². The van der Waals surface area contributed by atoms with E-state index >= 15 is 0 Å². The zero-order valence-corrected chi connectivity index (χ0v) is 19.3. The van der Waals surface area contributed by atoms with E-state index in [0.29, 0.717) is 11.5 Å². The second kappa shape index (κ2) is 7.87. The Morgan fingerprint density at radius 1 is 1.12 bits per heavy atom. The van der Waals surface area contributed by atoms with E-state index in [9.17, 15) is 9.90 Å². The van der Waals surface area contributed by atoms with E-state index in [1.165, 1.54) is 41.7 Å². The third-order valence-corrected chi connectivity index (χ3v) is 8.47. The second-order valence-corrected chi connectivity index (χ2v) is 10.2. The lowest BCUT2D eigenvalue weighted by Gasteiger charge is -2.53. The predicted molar refractivity (Wildman–Crippen MR) is 130 cm³/mol. The lowest BCUT2D eigenvalue weighted by Crippen LogP contribution is -2.49. The number of fused-ring (bicyclic) bond motifs is 3. The van der Waals surface area contributed by atoms with Crippen LogP contribution in [0.2, 0.25) is 0 Å². The highest BCUT2D eigenvalue weighted by atomic mass is 16.4. The van der Waals surface area contributed by atoms with Crippen molar-refractivity contribution in [3.05, 3.63) is 59.4 Å². The van der Waals surface area contributed by atoms with Gasteiger partial charge in [0.25, 0.3) is 0 Å². The summed E-state index contributed by atoms with van der Waals surface area (Å²) in [5.41, 5.74) is 5.73. The van der Waals surface area contributed by atoms with Gasteiger partial charge < -0.3 is 15.0 Å². The molecule has 3 aliphatic rings. The number of anilines is 1. The van der Waals surface area contributed by atoms with Crippen molar-refractivity contribution in [3.63, 3.8) is 0 Å². The van der Waals surface area contributed by atoms with Crippen LogP contribution < -0.4 is 10.2 Å². The molecular weight excluding hydrogens is 412 g/mol. The van der Waals surface area contributed by atoms with Crippen LogP contribution in [0, 0.1) is 5.41 Å². The van der Waals surface area contributed by atoms with Gasteiger partial charge in [0.1, 0.15) is 5.82 Å². The van der Waals surface area contributed by atoms with Crippen LogP contribution in [-0.4, -0.2) is 39.9 Å². The van der Waals surface area contributed by atoms with Gasteiger partial charge >= 0.3 is 6.09 Å². The molecule has 1 amide bonds. The van der Waals surface area contributed by atoms with Crippen molar-refractivity contribution >= 4 is 22.8 Å². The zero-order chi connectivity index (χ0) is 22.6.